The van der Waals surface area contributed by atoms with Crippen molar-refractivity contribution in [3.63, 3.8) is 0 Å². The topological polar surface area (TPSA) is 35.2 Å². The van der Waals surface area contributed by atoms with E-state index in [0.717, 1.165) is 12.2 Å². The minimum absolute atomic E-state index is 0.586. The zero-order valence-corrected chi connectivity index (χ0v) is 14.0. The second kappa shape index (κ2) is 7.80. The molecule has 24 heavy (non-hydrogen) atoms. The van der Waals surface area contributed by atoms with Crippen LogP contribution in [0, 0.1) is 6.92 Å². The number of nitrogens with two attached hydrogens (primary N) is 1. The first kappa shape index (κ1) is 16.3. The van der Waals surface area contributed by atoms with Gasteiger partial charge in [0.25, 0.3) is 0 Å². The Morgan fingerprint density at radius 2 is 1.62 bits per heavy atom. The summed E-state index contributed by atoms with van der Waals surface area (Å²) < 4.78 is 5.86. The summed E-state index contributed by atoms with van der Waals surface area (Å²) >= 11 is 0. The zero-order chi connectivity index (χ0) is 16.8. The van der Waals surface area contributed by atoms with Crippen molar-refractivity contribution in [1.82, 2.24) is 0 Å². The maximum Gasteiger partial charge on any atom is 0.119 e. The van der Waals surface area contributed by atoms with Gasteiger partial charge in [-0.25, -0.2) is 0 Å². The van der Waals surface area contributed by atoms with Crippen LogP contribution in [0.15, 0.2) is 72.8 Å². The predicted octanol–water partition coefficient (Wildman–Crippen LogP) is 4.74. The minimum Gasteiger partial charge on any atom is -0.489 e. The molecular formula is C22H23NO. The first-order valence-corrected chi connectivity index (χ1v) is 8.33. The molecule has 0 unspecified atom stereocenters. The van der Waals surface area contributed by atoms with Crippen LogP contribution in [0.3, 0.4) is 0 Å². The fraction of sp³-hybridized carbons (Fsp3) is 0.182. The average molecular weight is 317 g/mol. The van der Waals surface area contributed by atoms with Crippen molar-refractivity contribution in [3.8, 4) is 16.9 Å². The SMILES string of the molecule is Cc1ccc(CCN)c(-c2ccc(OCc3ccccc3)cc2)c1. The molecule has 0 amide bonds. The van der Waals surface area contributed by atoms with Crippen molar-refractivity contribution in [2.75, 3.05) is 6.54 Å². The van der Waals surface area contributed by atoms with E-state index >= 15 is 0 Å². The molecule has 0 radical (unpaired) electrons. The van der Waals surface area contributed by atoms with Gasteiger partial charge >= 0.3 is 0 Å². The van der Waals surface area contributed by atoms with Crippen LogP contribution in [0.5, 0.6) is 5.75 Å². The summed E-state index contributed by atoms with van der Waals surface area (Å²) in [6.45, 7) is 3.37. The van der Waals surface area contributed by atoms with Crippen molar-refractivity contribution in [1.29, 1.82) is 0 Å². The van der Waals surface area contributed by atoms with E-state index in [1.54, 1.807) is 0 Å². The van der Waals surface area contributed by atoms with E-state index in [2.05, 4.69) is 49.4 Å². The van der Waals surface area contributed by atoms with Crippen LogP contribution in [-0.2, 0) is 13.0 Å². The van der Waals surface area contributed by atoms with Gasteiger partial charge in [0.05, 0.1) is 0 Å². The summed E-state index contributed by atoms with van der Waals surface area (Å²) in [5.41, 5.74) is 11.9. The number of hydrogen-bond donors (Lipinski definition) is 1. The molecule has 3 aromatic carbocycles. The Kier molecular flexibility index (Phi) is 5.29. The lowest BCUT2D eigenvalue weighted by atomic mass is 9.96. The third kappa shape index (κ3) is 4.03. The standard InChI is InChI=1S/C22H23NO/c1-17-7-8-20(13-14-23)22(15-17)19-9-11-21(12-10-19)24-16-18-5-3-2-4-6-18/h2-12,15H,13-14,16,23H2,1H3. The maximum absolute atomic E-state index is 5.86. The summed E-state index contributed by atoms with van der Waals surface area (Å²) in [5, 5.41) is 0. The number of hydrogen-bond acceptors (Lipinski definition) is 2. The largest absolute Gasteiger partial charge is 0.489 e. The van der Waals surface area contributed by atoms with Crippen LogP contribution in [0.2, 0.25) is 0 Å². The van der Waals surface area contributed by atoms with Crippen LogP contribution in [0.25, 0.3) is 11.1 Å². The molecule has 0 heterocycles. The van der Waals surface area contributed by atoms with Gasteiger partial charge in [0.2, 0.25) is 0 Å². The van der Waals surface area contributed by atoms with Crippen LogP contribution in [-0.4, -0.2) is 6.54 Å². The summed E-state index contributed by atoms with van der Waals surface area (Å²) in [6.07, 6.45) is 0.891. The van der Waals surface area contributed by atoms with Gasteiger partial charge in [-0.05, 0) is 54.3 Å². The van der Waals surface area contributed by atoms with Gasteiger partial charge in [0, 0.05) is 0 Å². The molecule has 0 aliphatic rings. The van der Waals surface area contributed by atoms with Crippen molar-refractivity contribution < 1.29 is 4.74 Å². The van der Waals surface area contributed by atoms with Crippen molar-refractivity contribution in [2.45, 2.75) is 20.0 Å². The third-order valence-electron chi connectivity index (χ3n) is 4.09. The lowest BCUT2D eigenvalue weighted by molar-refractivity contribution is 0.306. The summed E-state index contributed by atoms with van der Waals surface area (Å²) in [7, 11) is 0. The van der Waals surface area contributed by atoms with E-state index in [-0.39, 0.29) is 0 Å². The number of benzene rings is 3. The van der Waals surface area contributed by atoms with Crippen molar-refractivity contribution >= 4 is 0 Å². The molecule has 2 N–H and O–H groups in total. The van der Waals surface area contributed by atoms with Gasteiger partial charge in [-0.2, -0.15) is 0 Å². The van der Waals surface area contributed by atoms with Gasteiger partial charge in [0.1, 0.15) is 12.4 Å². The quantitative estimate of drug-likeness (QED) is 0.712. The summed E-state index contributed by atoms with van der Waals surface area (Å²) in [6, 6.07) is 25.1. The Hall–Kier alpha value is -2.58. The first-order valence-electron chi connectivity index (χ1n) is 8.33. The molecule has 2 nitrogen and oxygen atoms in total. The highest BCUT2D eigenvalue weighted by Crippen LogP contribution is 2.27. The lowest BCUT2D eigenvalue weighted by Gasteiger charge is -2.12. The van der Waals surface area contributed by atoms with Gasteiger partial charge in [0.15, 0.2) is 0 Å². The molecule has 0 aromatic heterocycles. The number of rotatable bonds is 6. The second-order valence-electron chi connectivity index (χ2n) is 6.00. The molecule has 0 fully saturated rings. The highest BCUT2D eigenvalue weighted by atomic mass is 16.5. The monoisotopic (exact) mass is 317 g/mol. The molecule has 122 valence electrons. The molecule has 0 aliphatic carbocycles. The fourth-order valence-electron chi connectivity index (χ4n) is 2.80. The number of aryl methyl sites for hydroxylation is 1. The Morgan fingerprint density at radius 3 is 2.33 bits per heavy atom. The van der Waals surface area contributed by atoms with Gasteiger partial charge in [-0.1, -0.05) is 66.2 Å². The van der Waals surface area contributed by atoms with Gasteiger partial charge in [-0.3, -0.25) is 0 Å². The lowest BCUT2D eigenvalue weighted by Crippen LogP contribution is -2.04. The molecule has 0 atom stereocenters. The normalized spacial score (nSPS) is 10.6. The van der Waals surface area contributed by atoms with Gasteiger partial charge in [-0.15, -0.1) is 0 Å². The molecule has 3 aromatic rings. The van der Waals surface area contributed by atoms with Crippen LogP contribution < -0.4 is 10.5 Å². The smallest absolute Gasteiger partial charge is 0.119 e. The summed E-state index contributed by atoms with van der Waals surface area (Å²) in [5.74, 6) is 0.885. The average Bonchev–Trinajstić information content (AvgIpc) is 2.63. The second-order valence-corrected chi connectivity index (χ2v) is 6.00. The fourth-order valence-corrected chi connectivity index (χ4v) is 2.80. The zero-order valence-electron chi connectivity index (χ0n) is 14.0. The van der Waals surface area contributed by atoms with Crippen molar-refractivity contribution in [3.05, 3.63) is 89.5 Å². The molecule has 3 rings (SSSR count). The highest BCUT2D eigenvalue weighted by Gasteiger charge is 2.06. The number of ether oxygens (including phenoxy) is 1. The van der Waals surface area contributed by atoms with Crippen LogP contribution >= 0.6 is 0 Å². The van der Waals surface area contributed by atoms with Gasteiger partial charge < -0.3 is 10.5 Å². The Morgan fingerprint density at radius 1 is 0.875 bits per heavy atom. The minimum atomic E-state index is 0.586. The van der Waals surface area contributed by atoms with Crippen molar-refractivity contribution in [2.24, 2.45) is 5.73 Å². The Labute approximate surface area is 143 Å². The third-order valence-corrected chi connectivity index (χ3v) is 4.09. The molecule has 0 saturated heterocycles. The van der Waals surface area contributed by atoms with E-state index in [1.165, 1.54) is 27.8 Å². The summed E-state index contributed by atoms with van der Waals surface area (Å²) in [4.78, 5) is 0. The van der Waals surface area contributed by atoms with E-state index in [0.29, 0.717) is 13.2 Å². The Balaban J connectivity index is 1.76. The van der Waals surface area contributed by atoms with E-state index in [1.807, 2.05) is 30.3 Å². The molecule has 2 heteroatoms. The molecule has 0 bridgehead atoms. The Bertz CT molecular complexity index is 779. The van der Waals surface area contributed by atoms with E-state index in [4.69, 9.17) is 10.5 Å². The van der Waals surface area contributed by atoms with Crippen LogP contribution in [0.1, 0.15) is 16.7 Å². The highest BCUT2D eigenvalue weighted by molar-refractivity contribution is 5.68. The maximum atomic E-state index is 5.86. The molecule has 0 saturated carbocycles. The first-order chi connectivity index (χ1) is 11.8. The van der Waals surface area contributed by atoms with E-state index < -0.39 is 0 Å². The molecule has 0 spiro atoms. The van der Waals surface area contributed by atoms with E-state index in [9.17, 15) is 0 Å². The molecular weight excluding hydrogens is 294 g/mol. The molecule has 0 aliphatic heterocycles. The van der Waals surface area contributed by atoms with Crippen LogP contribution in [0.4, 0.5) is 0 Å². The predicted molar refractivity (Wildman–Crippen MR) is 100 cm³/mol.